The normalized spacial score (nSPS) is 12.2. The molecule has 0 aromatic carbocycles. The van der Waals surface area contributed by atoms with Gasteiger partial charge < -0.3 is 10.6 Å². The Morgan fingerprint density at radius 3 is 2.67 bits per heavy atom. The van der Waals surface area contributed by atoms with E-state index in [0.717, 1.165) is 0 Å². The number of carbonyl (C=O) groups excluding carboxylic acids is 1. The molecular weight excluding hydrogens is 252 g/mol. The Hall–Kier alpha value is -0.650. The van der Waals surface area contributed by atoms with Crippen molar-refractivity contribution in [3.8, 4) is 0 Å². The molecule has 0 saturated carbocycles. The van der Waals surface area contributed by atoms with Crippen molar-refractivity contribution < 1.29 is 4.79 Å². The maximum Gasteiger partial charge on any atom is 0.264 e. The molecule has 3 nitrogen and oxygen atoms in total. The zero-order chi connectivity index (χ0) is 11.6. The summed E-state index contributed by atoms with van der Waals surface area (Å²) in [4.78, 5) is 14.3. The number of thiophene rings is 1. The van der Waals surface area contributed by atoms with Crippen molar-refractivity contribution >= 4 is 46.1 Å². The van der Waals surface area contributed by atoms with Crippen LogP contribution in [0.15, 0.2) is 12.1 Å². The van der Waals surface area contributed by atoms with Gasteiger partial charge in [0.05, 0.1) is 20.2 Å². The molecule has 1 aromatic heterocycles. The summed E-state index contributed by atoms with van der Waals surface area (Å²) in [6.07, 6.45) is 0. The molecule has 6 heteroatoms. The van der Waals surface area contributed by atoms with Crippen molar-refractivity contribution in [3.05, 3.63) is 21.3 Å². The molecule has 0 aliphatic rings. The summed E-state index contributed by atoms with van der Waals surface area (Å²) in [5.41, 5.74) is 5.47. The van der Waals surface area contributed by atoms with E-state index in [4.69, 9.17) is 29.6 Å². The second-order valence-electron chi connectivity index (χ2n) is 3.10. The number of amides is 1. The number of likely N-dealkylation sites (N-methyl/N-ethyl adjacent to an activating group) is 1. The SMILES string of the molecule is CC(C(N)=S)N(C)C(=O)c1ccc(Cl)s1. The third-order valence-corrected chi connectivity index (χ3v) is 3.66. The molecule has 0 bridgehead atoms. The molecule has 0 aliphatic carbocycles. The van der Waals surface area contributed by atoms with Crippen LogP contribution >= 0.6 is 35.2 Å². The van der Waals surface area contributed by atoms with Crippen LogP contribution < -0.4 is 5.73 Å². The molecule has 15 heavy (non-hydrogen) atoms. The van der Waals surface area contributed by atoms with E-state index in [2.05, 4.69) is 0 Å². The molecular formula is C9H11ClN2OS2. The monoisotopic (exact) mass is 262 g/mol. The highest BCUT2D eigenvalue weighted by Gasteiger charge is 2.20. The highest BCUT2D eigenvalue weighted by Crippen LogP contribution is 2.22. The minimum atomic E-state index is -0.256. The lowest BCUT2D eigenvalue weighted by atomic mass is 10.3. The lowest BCUT2D eigenvalue weighted by Crippen LogP contribution is -2.42. The van der Waals surface area contributed by atoms with E-state index in [0.29, 0.717) is 14.2 Å². The van der Waals surface area contributed by atoms with Gasteiger partial charge in [0.2, 0.25) is 0 Å². The van der Waals surface area contributed by atoms with Gasteiger partial charge in [-0.1, -0.05) is 23.8 Å². The number of hydrogen-bond donors (Lipinski definition) is 1. The second-order valence-corrected chi connectivity index (χ2v) is 5.28. The third kappa shape index (κ3) is 2.90. The van der Waals surface area contributed by atoms with Crippen LogP contribution in [-0.4, -0.2) is 28.9 Å². The van der Waals surface area contributed by atoms with E-state index in [1.54, 1.807) is 26.1 Å². The molecule has 0 saturated heterocycles. The van der Waals surface area contributed by atoms with Crippen molar-refractivity contribution in [2.45, 2.75) is 13.0 Å². The summed E-state index contributed by atoms with van der Waals surface area (Å²) in [7, 11) is 1.67. The maximum absolute atomic E-state index is 11.9. The van der Waals surface area contributed by atoms with E-state index in [1.165, 1.54) is 16.2 Å². The van der Waals surface area contributed by atoms with Gasteiger partial charge in [-0.15, -0.1) is 11.3 Å². The summed E-state index contributed by atoms with van der Waals surface area (Å²) >= 11 is 11.8. The minimum Gasteiger partial charge on any atom is -0.392 e. The predicted molar refractivity (Wildman–Crippen MR) is 67.7 cm³/mol. The average Bonchev–Trinajstić information content (AvgIpc) is 2.61. The molecule has 1 heterocycles. The quantitative estimate of drug-likeness (QED) is 0.849. The Labute approximate surface area is 103 Å². The first kappa shape index (κ1) is 12.4. The highest BCUT2D eigenvalue weighted by atomic mass is 35.5. The standard InChI is InChI=1S/C9H11ClN2OS2/c1-5(8(11)14)12(2)9(13)6-3-4-7(10)15-6/h3-5H,1-2H3,(H2,11,14). The van der Waals surface area contributed by atoms with Crippen LogP contribution in [0.4, 0.5) is 0 Å². The van der Waals surface area contributed by atoms with Crippen LogP contribution in [0.2, 0.25) is 4.34 Å². The summed E-state index contributed by atoms with van der Waals surface area (Å²) in [5, 5.41) is 0. The fraction of sp³-hybridized carbons (Fsp3) is 0.333. The van der Waals surface area contributed by atoms with E-state index in [-0.39, 0.29) is 11.9 Å². The first-order chi connectivity index (χ1) is 6.93. The van der Waals surface area contributed by atoms with Gasteiger partial charge in [0, 0.05) is 7.05 Å². The fourth-order valence-electron chi connectivity index (χ4n) is 0.970. The second kappa shape index (κ2) is 4.92. The lowest BCUT2D eigenvalue weighted by molar-refractivity contribution is 0.0784. The van der Waals surface area contributed by atoms with Crippen LogP contribution in [-0.2, 0) is 0 Å². The van der Waals surface area contributed by atoms with Crippen LogP contribution in [0.3, 0.4) is 0 Å². The Kier molecular flexibility index (Phi) is 4.07. The van der Waals surface area contributed by atoms with Crippen molar-refractivity contribution in [3.63, 3.8) is 0 Å². The molecule has 2 N–H and O–H groups in total. The first-order valence-corrected chi connectivity index (χ1v) is 5.85. The zero-order valence-corrected chi connectivity index (χ0v) is 10.7. The van der Waals surface area contributed by atoms with Gasteiger partial charge in [-0.2, -0.15) is 0 Å². The minimum absolute atomic E-state index is 0.118. The van der Waals surface area contributed by atoms with Gasteiger partial charge in [-0.25, -0.2) is 0 Å². The molecule has 1 unspecified atom stereocenters. The van der Waals surface area contributed by atoms with Crippen molar-refractivity contribution in [1.29, 1.82) is 0 Å². The van der Waals surface area contributed by atoms with Gasteiger partial charge in [0.25, 0.3) is 5.91 Å². The molecule has 1 amide bonds. The molecule has 0 fully saturated rings. The Morgan fingerprint density at radius 2 is 2.27 bits per heavy atom. The molecule has 0 aliphatic heterocycles. The van der Waals surface area contributed by atoms with Gasteiger partial charge in [0.15, 0.2) is 0 Å². The number of halogens is 1. The number of thiocarbonyl (C=S) groups is 1. The van der Waals surface area contributed by atoms with Crippen LogP contribution in [0.25, 0.3) is 0 Å². The molecule has 1 rings (SSSR count). The Morgan fingerprint density at radius 1 is 1.67 bits per heavy atom. The highest BCUT2D eigenvalue weighted by molar-refractivity contribution is 7.80. The van der Waals surface area contributed by atoms with Crippen molar-refractivity contribution in [2.24, 2.45) is 5.73 Å². The molecule has 0 spiro atoms. The van der Waals surface area contributed by atoms with Gasteiger partial charge >= 0.3 is 0 Å². The number of rotatable bonds is 3. The van der Waals surface area contributed by atoms with E-state index in [1.807, 2.05) is 0 Å². The third-order valence-electron chi connectivity index (χ3n) is 2.10. The van der Waals surface area contributed by atoms with Crippen LogP contribution in [0, 0.1) is 0 Å². The zero-order valence-electron chi connectivity index (χ0n) is 8.36. The van der Waals surface area contributed by atoms with Crippen molar-refractivity contribution in [2.75, 3.05) is 7.05 Å². The Bertz CT molecular complexity index is 391. The van der Waals surface area contributed by atoms with Gasteiger partial charge in [-0.05, 0) is 19.1 Å². The maximum atomic E-state index is 11.9. The number of hydrogen-bond acceptors (Lipinski definition) is 3. The largest absolute Gasteiger partial charge is 0.392 e. The van der Waals surface area contributed by atoms with Crippen LogP contribution in [0.5, 0.6) is 0 Å². The summed E-state index contributed by atoms with van der Waals surface area (Å²) in [5.74, 6) is -0.118. The molecule has 82 valence electrons. The first-order valence-electron chi connectivity index (χ1n) is 4.25. The van der Waals surface area contributed by atoms with E-state index < -0.39 is 0 Å². The average molecular weight is 263 g/mol. The molecule has 1 atom stereocenters. The Balaban J connectivity index is 2.81. The number of carbonyl (C=O) groups is 1. The molecule has 0 radical (unpaired) electrons. The van der Waals surface area contributed by atoms with Gasteiger partial charge in [0.1, 0.15) is 0 Å². The number of nitrogens with zero attached hydrogens (tertiary/aromatic N) is 1. The van der Waals surface area contributed by atoms with E-state index >= 15 is 0 Å². The summed E-state index contributed by atoms with van der Waals surface area (Å²) in [6.45, 7) is 1.79. The molecule has 1 aromatic rings. The smallest absolute Gasteiger partial charge is 0.264 e. The van der Waals surface area contributed by atoms with E-state index in [9.17, 15) is 4.79 Å². The summed E-state index contributed by atoms with van der Waals surface area (Å²) in [6, 6.07) is 3.13. The fourth-order valence-corrected chi connectivity index (χ4v) is 2.15. The topological polar surface area (TPSA) is 46.3 Å². The van der Waals surface area contributed by atoms with Crippen molar-refractivity contribution in [1.82, 2.24) is 4.90 Å². The van der Waals surface area contributed by atoms with Gasteiger partial charge in [-0.3, -0.25) is 4.79 Å². The predicted octanol–water partition coefficient (Wildman–Crippen LogP) is 2.15. The van der Waals surface area contributed by atoms with Crippen LogP contribution in [0.1, 0.15) is 16.6 Å². The lowest BCUT2D eigenvalue weighted by Gasteiger charge is -2.23. The summed E-state index contributed by atoms with van der Waals surface area (Å²) < 4.78 is 0.592. The number of nitrogens with two attached hydrogens (primary N) is 1.